The maximum Gasteiger partial charge on any atom is 0.337 e. The summed E-state index contributed by atoms with van der Waals surface area (Å²) in [5.74, 6) is 0.501. The number of benzene rings is 2. The minimum absolute atomic E-state index is 0.313. The van der Waals surface area contributed by atoms with Crippen LogP contribution in [0.4, 0.5) is 5.69 Å². The predicted octanol–water partition coefficient (Wildman–Crippen LogP) is 3.66. The van der Waals surface area contributed by atoms with Gasteiger partial charge in [-0.2, -0.15) is 0 Å². The van der Waals surface area contributed by atoms with Crippen LogP contribution < -0.4 is 5.73 Å². The van der Waals surface area contributed by atoms with Crippen molar-refractivity contribution < 1.29 is 9.53 Å². The maximum absolute atomic E-state index is 11.3. The zero-order chi connectivity index (χ0) is 14.5. The summed E-state index contributed by atoms with van der Waals surface area (Å²) in [4.78, 5) is 12.4. The lowest BCUT2D eigenvalue weighted by atomic mass is 10.1. The van der Waals surface area contributed by atoms with Gasteiger partial charge in [-0.15, -0.1) is 11.8 Å². The summed E-state index contributed by atoms with van der Waals surface area (Å²) in [6, 6.07) is 13.5. The number of nitrogens with two attached hydrogens (primary N) is 1. The zero-order valence-corrected chi connectivity index (χ0v) is 12.4. The number of nitrogen functional groups attached to an aromatic ring is 1. The summed E-state index contributed by atoms with van der Waals surface area (Å²) in [6.07, 6.45) is 0. The average Bonchev–Trinajstić information content (AvgIpc) is 2.46. The molecule has 0 aromatic heterocycles. The van der Waals surface area contributed by atoms with Crippen LogP contribution >= 0.6 is 11.8 Å². The second-order valence-electron chi connectivity index (χ2n) is 4.52. The van der Waals surface area contributed by atoms with Crippen LogP contribution in [0.1, 0.15) is 21.5 Å². The van der Waals surface area contributed by atoms with E-state index in [1.807, 2.05) is 31.2 Å². The van der Waals surface area contributed by atoms with Gasteiger partial charge in [0.1, 0.15) is 0 Å². The second kappa shape index (κ2) is 6.48. The van der Waals surface area contributed by atoms with Crippen molar-refractivity contribution in [1.29, 1.82) is 0 Å². The Hall–Kier alpha value is -1.94. The number of carbonyl (C=O) groups excluding carboxylic acids is 1. The number of ether oxygens (including phenoxy) is 1. The summed E-state index contributed by atoms with van der Waals surface area (Å²) in [7, 11) is 1.38. The third-order valence-electron chi connectivity index (χ3n) is 2.93. The van der Waals surface area contributed by atoms with Crippen molar-refractivity contribution in [2.45, 2.75) is 17.6 Å². The first-order valence-corrected chi connectivity index (χ1v) is 7.25. The smallest absolute Gasteiger partial charge is 0.337 e. The Balaban J connectivity index is 2.02. The first-order valence-electron chi connectivity index (χ1n) is 6.26. The molecule has 2 rings (SSSR count). The third-order valence-corrected chi connectivity index (χ3v) is 4.10. The van der Waals surface area contributed by atoms with Gasteiger partial charge in [0.15, 0.2) is 0 Å². The van der Waals surface area contributed by atoms with Crippen molar-refractivity contribution in [1.82, 2.24) is 0 Å². The van der Waals surface area contributed by atoms with E-state index in [1.54, 1.807) is 23.9 Å². The van der Waals surface area contributed by atoms with Crippen LogP contribution in [-0.2, 0) is 10.5 Å². The molecule has 0 aliphatic rings. The van der Waals surface area contributed by atoms with Crippen molar-refractivity contribution >= 4 is 23.4 Å². The number of rotatable bonds is 4. The Morgan fingerprint density at radius 1 is 1.20 bits per heavy atom. The normalized spacial score (nSPS) is 10.3. The van der Waals surface area contributed by atoms with Gasteiger partial charge in [0.05, 0.1) is 12.7 Å². The topological polar surface area (TPSA) is 52.3 Å². The molecule has 0 saturated carbocycles. The first kappa shape index (κ1) is 14.5. The van der Waals surface area contributed by atoms with Gasteiger partial charge in [0, 0.05) is 16.3 Å². The monoisotopic (exact) mass is 287 g/mol. The van der Waals surface area contributed by atoms with E-state index in [9.17, 15) is 4.79 Å². The molecule has 0 atom stereocenters. The second-order valence-corrected chi connectivity index (χ2v) is 5.54. The largest absolute Gasteiger partial charge is 0.465 e. The molecular weight excluding hydrogens is 270 g/mol. The number of hydrogen-bond acceptors (Lipinski definition) is 4. The van der Waals surface area contributed by atoms with Gasteiger partial charge in [-0.1, -0.05) is 18.2 Å². The number of hydrogen-bond donors (Lipinski definition) is 1. The molecule has 0 spiro atoms. The van der Waals surface area contributed by atoms with Crippen molar-refractivity contribution in [3.8, 4) is 0 Å². The molecule has 0 fully saturated rings. The van der Waals surface area contributed by atoms with E-state index in [1.165, 1.54) is 7.11 Å². The molecular formula is C16H17NO2S. The molecule has 0 radical (unpaired) electrons. The van der Waals surface area contributed by atoms with Crippen LogP contribution in [0.2, 0.25) is 0 Å². The number of methoxy groups -OCH3 is 1. The summed E-state index contributed by atoms with van der Waals surface area (Å²) < 4.78 is 4.67. The van der Waals surface area contributed by atoms with E-state index in [0.717, 1.165) is 27.5 Å². The van der Waals surface area contributed by atoms with Gasteiger partial charge in [0.2, 0.25) is 0 Å². The Bertz CT molecular complexity index is 608. The molecule has 2 aromatic rings. The van der Waals surface area contributed by atoms with E-state index in [-0.39, 0.29) is 5.97 Å². The molecule has 0 amide bonds. The van der Waals surface area contributed by atoms with Crippen molar-refractivity contribution in [3.63, 3.8) is 0 Å². The van der Waals surface area contributed by atoms with Gasteiger partial charge in [-0.05, 0) is 42.3 Å². The zero-order valence-electron chi connectivity index (χ0n) is 11.6. The van der Waals surface area contributed by atoms with Gasteiger partial charge in [-0.3, -0.25) is 0 Å². The fraction of sp³-hybridized carbons (Fsp3) is 0.188. The molecule has 0 saturated heterocycles. The quantitative estimate of drug-likeness (QED) is 0.530. The van der Waals surface area contributed by atoms with E-state index >= 15 is 0 Å². The van der Waals surface area contributed by atoms with E-state index in [0.29, 0.717) is 5.56 Å². The molecule has 104 valence electrons. The van der Waals surface area contributed by atoms with Gasteiger partial charge >= 0.3 is 5.97 Å². The molecule has 0 unspecified atom stereocenters. The lowest BCUT2D eigenvalue weighted by Gasteiger charge is -2.07. The molecule has 0 aliphatic heterocycles. The molecule has 0 heterocycles. The van der Waals surface area contributed by atoms with Gasteiger partial charge in [0.25, 0.3) is 0 Å². The minimum atomic E-state index is -0.313. The van der Waals surface area contributed by atoms with Crippen molar-refractivity contribution in [3.05, 3.63) is 59.2 Å². The number of esters is 1. The minimum Gasteiger partial charge on any atom is -0.465 e. The molecule has 4 heteroatoms. The van der Waals surface area contributed by atoms with E-state index in [4.69, 9.17) is 5.73 Å². The lowest BCUT2D eigenvalue weighted by Crippen LogP contribution is -2.00. The third kappa shape index (κ3) is 3.54. The summed E-state index contributed by atoms with van der Waals surface area (Å²) in [6.45, 7) is 2.02. The molecule has 3 nitrogen and oxygen atoms in total. The average molecular weight is 287 g/mol. The summed E-state index contributed by atoms with van der Waals surface area (Å²) >= 11 is 1.69. The van der Waals surface area contributed by atoms with E-state index < -0.39 is 0 Å². The Morgan fingerprint density at radius 2 is 1.90 bits per heavy atom. The van der Waals surface area contributed by atoms with Crippen molar-refractivity contribution in [2.75, 3.05) is 12.8 Å². The van der Waals surface area contributed by atoms with Crippen LogP contribution in [-0.4, -0.2) is 13.1 Å². The fourth-order valence-electron chi connectivity index (χ4n) is 1.82. The van der Waals surface area contributed by atoms with Crippen LogP contribution in [0.25, 0.3) is 0 Å². The SMILES string of the molecule is COC(=O)c1ccc(CSc2ccc(C)cc2N)cc1. The predicted molar refractivity (Wildman–Crippen MR) is 82.9 cm³/mol. The van der Waals surface area contributed by atoms with Gasteiger partial charge in [-0.25, -0.2) is 4.79 Å². The molecule has 2 N–H and O–H groups in total. The number of carbonyl (C=O) groups is 1. The Labute approximate surface area is 123 Å². The van der Waals surface area contributed by atoms with Crippen LogP contribution in [0.5, 0.6) is 0 Å². The number of thioether (sulfide) groups is 1. The van der Waals surface area contributed by atoms with Crippen molar-refractivity contribution in [2.24, 2.45) is 0 Å². The highest BCUT2D eigenvalue weighted by Crippen LogP contribution is 2.28. The van der Waals surface area contributed by atoms with Crippen LogP contribution in [0.15, 0.2) is 47.4 Å². The van der Waals surface area contributed by atoms with E-state index in [2.05, 4.69) is 10.8 Å². The molecule has 20 heavy (non-hydrogen) atoms. The first-order chi connectivity index (χ1) is 9.60. The Kier molecular flexibility index (Phi) is 4.69. The molecule has 0 bridgehead atoms. The molecule has 0 aliphatic carbocycles. The highest BCUT2D eigenvalue weighted by Gasteiger charge is 2.05. The summed E-state index contributed by atoms with van der Waals surface area (Å²) in [5, 5.41) is 0. The highest BCUT2D eigenvalue weighted by molar-refractivity contribution is 7.98. The van der Waals surface area contributed by atoms with Gasteiger partial charge < -0.3 is 10.5 Å². The summed E-state index contributed by atoms with van der Waals surface area (Å²) in [5.41, 5.74) is 9.66. The van der Waals surface area contributed by atoms with Crippen LogP contribution in [0.3, 0.4) is 0 Å². The standard InChI is InChI=1S/C16H17NO2S/c1-11-3-8-15(14(17)9-11)20-10-12-4-6-13(7-5-12)16(18)19-2/h3-9H,10,17H2,1-2H3. The highest BCUT2D eigenvalue weighted by atomic mass is 32.2. The fourth-order valence-corrected chi connectivity index (χ4v) is 2.72. The maximum atomic E-state index is 11.3. The lowest BCUT2D eigenvalue weighted by molar-refractivity contribution is 0.0600. The van der Waals surface area contributed by atoms with Crippen LogP contribution in [0, 0.1) is 6.92 Å². The number of aryl methyl sites for hydroxylation is 1. The number of anilines is 1. The Morgan fingerprint density at radius 3 is 2.50 bits per heavy atom. The molecule has 2 aromatic carbocycles.